The van der Waals surface area contributed by atoms with Crippen molar-refractivity contribution in [3.8, 4) is 5.75 Å². The SMILES string of the molecule is CCCC[N+]1=C(C)C(C)(C)c2cc(OC)ccc21. The van der Waals surface area contributed by atoms with E-state index in [1.54, 1.807) is 7.11 Å². The lowest BCUT2D eigenvalue weighted by Gasteiger charge is -2.15. The zero-order chi connectivity index (χ0) is 13.3. The Hall–Kier alpha value is -1.31. The molecule has 1 aliphatic heterocycles. The molecule has 1 aliphatic rings. The van der Waals surface area contributed by atoms with Crippen molar-refractivity contribution >= 4 is 11.4 Å². The predicted octanol–water partition coefficient (Wildman–Crippen LogP) is 3.89. The summed E-state index contributed by atoms with van der Waals surface area (Å²) in [6.07, 6.45) is 2.47. The van der Waals surface area contributed by atoms with Gasteiger partial charge in [-0.2, -0.15) is 4.58 Å². The molecule has 0 unspecified atom stereocenters. The molecule has 0 radical (unpaired) electrons. The van der Waals surface area contributed by atoms with Gasteiger partial charge in [-0.25, -0.2) is 0 Å². The molecule has 1 aromatic carbocycles. The minimum Gasteiger partial charge on any atom is -0.497 e. The predicted molar refractivity (Wildman–Crippen MR) is 76.4 cm³/mol. The summed E-state index contributed by atoms with van der Waals surface area (Å²) in [5.41, 5.74) is 4.29. The van der Waals surface area contributed by atoms with E-state index < -0.39 is 0 Å². The summed E-state index contributed by atoms with van der Waals surface area (Å²) >= 11 is 0. The molecule has 0 saturated carbocycles. The fraction of sp³-hybridized carbons (Fsp3) is 0.562. The highest BCUT2D eigenvalue weighted by Crippen LogP contribution is 2.41. The summed E-state index contributed by atoms with van der Waals surface area (Å²) in [6, 6.07) is 6.44. The molecule has 0 atom stereocenters. The molecule has 0 saturated heterocycles. The number of hydrogen-bond acceptors (Lipinski definition) is 1. The molecule has 2 heteroatoms. The van der Waals surface area contributed by atoms with Gasteiger partial charge in [0.05, 0.1) is 12.5 Å². The molecule has 0 bridgehead atoms. The molecule has 0 aromatic heterocycles. The van der Waals surface area contributed by atoms with Crippen LogP contribution < -0.4 is 4.74 Å². The Bertz CT molecular complexity index is 486. The summed E-state index contributed by atoms with van der Waals surface area (Å²) in [5.74, 6) is 0.951. The Morgan fingerprint density at radius 1 is 1.28 bits per heavy atom. The van der Waals surface area contributed by atoms with Crippen LogP contribution in [0, 0.1) is 0 Å². The Balaban J connectivity index is 2.48. The lowest BCUT2D eigenvalue weighted by molar-refractivity contribution is -0.439. The molecule has 0 N–H and O–H groups in total. The summed E-state index contributed by atoms with van der Waals surface area (Å²) < 4.78 is 7.83. The highest BCUT2D eigenvalue weighted by molar-refractivity contribution is 5.93. The van der Waals surface area contributed by atoms with E-state index in [1.165, 1.54) is 29.8 Å². The van der Waals surface area contributed by atoms with Crippen molar-refractivity contribution in [2.24, 2.45) is 0 Å². The van der Waals surface area contributed by atoms with E-state index in [4.69, 9.17) is 4.74 Å². The highest BCUT2D eigenvalue weighted by atomic mass is 16.5. The summed E-state index contributed by atoms with van der Waals surface area (Å²) in [7, 11) is 1.73. The van der Waals surface area contributed by atoms with E-state index >= 15 is 0 Å². The summed E-state index contributed by atoms with van der Waals surface area (Å²) in [5, 5.41) is 0. The third-order valence-electron chi connectivity index (χ3n) is 4.21. The molecule has 2 rings (SSSR count). The summed E-state index contributed by atoms with van der Waals surface area (Å²) in [4.78, 5) is 0. The molecule has 0 spiro atoms. The second-order valence-corrected chi connectivity index (χ2v) is 5.60. The van der Waals surface area contributed by atoms with Gasteiger partial charge in [0.2, 0.25) is 5.69 Å². The van der Waals surface area contributed by atoms with Crippen molar-refractivity contribution in [3.05, 3.63) is 23.8 Å². The van der Waals surface area contributed by atoms with Gasteiger partial charge in [0, 0.05) is 25.0 Å². The van der Waals surface area contributed by atoms with E-state index in [0.29, 0.717) is 0 Å². The van der Waals surface area contributed by atoms with Crippen molar-refractivity contribution in [2.75, 3.05) is 13.7 Å². The van der Waals surface area contributed by atoms with Gasteiger partial charge in [-0.1, -0.05) is 13.3 Å². The minimum absolute atomic E-state index is 0.109. The number of rotatable bonds is 4. The molecule has 2 nitrogen and oxygen atoms in total. The van der Waals surface area contributed by atoms with E-state index in [9.17, 15) is 0 Å². The number of hydrogen-bond donors (Lipinski definition) is 0. The van der Waals surface area contributed by atoms with Gasteiger partial charge >= 0.3 is 0 Å². The molecule has 98 valence electrons. The van der Waals surface area contributed by atoms with Gasteiger partial charge < -0.3 is 4.74 Å². The Morgan fingerprint density at radius 2 is 2.00 bits per heavy atom. The number of unbranched alkanes of at least 4 members (excludes halogenated alkanes) is 1. The van der Waals surface area contributed by atoms with Crippen LogP contribution in [0.1, 0.15) is 46.1 Å². The number of ether oxygens (including phenoxy) is 1. The first-order valence-corrected chi connectivity index (χ1v) is 6.82. The molecule has 1 aromatic rings. The van der Waals surface area contributed by atoms with E-state index in [0.717, 1.165) is 12.3 Å². The normalized spacial score (nSPS) is 16.9. The lowest BCUT2D eigenvalue weighted by Crippen LogP contribution is -2.26. The zero-order valence-electron chi connectivity index (χ0n) is 12.2. The smallest absolute Gasteiger partial charge is 0.209 e. The van der Waals surface area contributed by atoms with Crippen LogP contribution in [0.4, 0.5) is 5.69 Å². The number of fused-ring (bicyclic) bond motifs is 1. The molecular weight excluding hydrogens is 222 g/mol. The molecule has 1 heterocycles. The number of benzene rings is 1. The van der Waals surface area contributed by atoms with Gasteiger partial charge in [-0.05, 0) is 26.0 Å². The molecule has 0 amide bonds. The maximum atomic E-state index is 5.36. The monoisotopic (exact) mass is 246 g/mol. The van der Waals surface area contributed by atoms with Crippen molar-refractivity contribution in [1.29, 1.82) is 0 Å². The van der Waals surface area contributed by atoms with Crippen LogP contribution >= 0.6 is 0 Å². The van der Waals surface area contributed by atoms with Crippen LogP contribution in [0.3, 0.4) is 0 Å². The first kappa shape index (κ1) is 13.1. The van der Waals surface area contributed by atoms with Gasteiger partial charge in [0.1, 0.15) is 12.3 Å². The highest BCUT2D eigenvalue weighted by Gasteiger charge is 2.42. The van der Waals surface area contributed by atoms with Gasteiger partial charge in [-0.15, -0.1) is 0 Å². The largest absolute Gasteiger partial charge is 0.497 e. The van der Waals surface area contributed by atoms with Crippen LogP contribution in [0.2, 0.25) is 0 Å². The quantitative estimate of drug-likeness (QED) is 0.734. The van der Waals surface area contributed by atoms with E-state index in [1.807, 2.05) is 0 Å². The Morgan fingerprint density at radius 3 is 2.61 bits per heavy atom. The fourth-order valence-corrected chi connectivity index (χ4v) is 2.70. The lowest BCUT2D eigenvalue weighted by atomic mass is 9.82. The molecule has 0 fully saturated rings. The van der Waals surface area contributed by atoms with Gasteiger partial charge in [0.25, 0.3) is 0 Å². The number of nitrogens with zero attached hydrogens (tertiary/aromatic N) is 1. The van der Waals surface area contributed by atoms with Crippen LogP contribution in [0.15, 0.2) is 18.2 Å². The van der Waals surface area contributed by atoms with Crippen molar-refractivity contribution in [1.82, 2.24) is 0 Å². The molecule has 18 heavy (non-hydrogen) atoms. The average Bonchev–Trinajstić information content (AvgIpc) is 2.56. The van der Waals surface area contributed by atoms with Crippen LogP contribution in [0.5, 0.6) is 5.75 Å². The van der Waals surface area contributed by atoms with Crippen molar-refractivity contribution < 1.29 is 9.31 Å². The van der Waals surface area contributed by atoms with E-state index in [2.05, 4.69) is 50.5 Å². The summed E-state index contributed by atoms with van der Waals surface area (Å²) in [6.45, 7) is 10.2. The van der Waals surface area contributed by atoms with Gasteiger partial charge in [0.15, 0.2) is 5.71 Å². The Kier molecular flexibility index (Phi) is 3.47. The first-order valence-electron chi connectivity index (χ1n) is 6.82. The second kappa shape index (κ2) is 4.75. The molecule has 0 aliphatic carbocycles. The third kappa shape index (κ3) is 1.94. The standard InChI is InChI=1S/C16H24NO/c1-6-7-10-17-12(2)16(3,4)14-11-13(18-5)8-9-15(14)17/h8-9,11H,6-7,10H2,1-5H3/q+1. The topological polar surface area (TPSA) is 12.2 Å². The van der Waals surface area contributed by atoms with Crippen molar-refractivity contribution in [2.45, 2.75) is 46.0 Å². The second-order valence-electron chi connectivity index (χ2n) is 5.60. The minimum atomic E-state index is 0.109. The zero-order valence-corrected chi connectivity index (χ0v) is 12.2. The molecular formula is C16H24NO+. The van der Waals surface area contributed by atoms with Crippen LogP contribution in [0.25, 0.3) is 0 Å². The maximum Gasteiger partial charge on any atom is 0.209 e. The maximum absolute atomic E-state index is 5.36. The van der Waals surface area contributed by atoms with Gasteiger partial charge in [-0.3, -0.25) is 0 Å². The third-order valence-corrected chi connectivity index (χ3v) is 4.21. The fourth-order valence-electron chi connectivity index (χ4n) is 2.70. The first-order chi connectivity index (χ1) is 8.52. The average molecular weight is 246 g/mol. The van der Waals surface area contributed by atoms with Crippen molar-refractivity contribution in [3.63, 3.8) is 0 Å². The van der Waals surface area contributed by atoms with E-state index in [-0.39, 0.29) is 5.41 Å². The number of methoxy groups -OCH3 is 1. The van der Waals surface area contributed by atoms with Crippen LogP contribution in [-0.4, -0.2) is 23.9 Å². The Labute approximate surface area is 110 Å². The van der Waals surface area contributed by atoms with Crippen LogP contribution in [-0.2, 0) is 5.41 Å².